The van der Waals surface area contributed by atoms with Crippen LogP contribution in [0.1, 0.15) is 24.4 Å². The van der Waals surface area contributed by atoms with Crippen molar-refractivity contribution in [3.05, 3.63) is 40.4 Å². The van der Waals surface area contributed by atoms with E-state index in [0.717, 1.165) is 28.2 Å². The van der Waals surface area contributed by atoms with Crippen molar-refractivity contribution in [2.45, 2.75) is 26.0 Å². The first-order valence-electron chi connectivity index (χ1n) is 6.04. The summed E-state index contributed by atoms with van der Waals surface area (Å²) >= 11 is 3.41. The Hall–Kier alpha value is -1.40. The molecule has 0 radical (unpaired) electrons. The number of aliphatic hydroxyl groups is 1. The lowest BCUT2D eigenvalue weighted by Gasteiger charge is -2.12. The zero-order chi connectivity index (χ0) is 13.8. The Balaban J connectivity index is 2.16. The summed E-state index contributed by atoms with van der Waals surface area (Å²) in [6.07, 6.45) is 1.33. The van der Waals surface area contributed by atoms with E-state index in [9.17, 15) is 5.11 Å². The van der Waals surface area contributed by atoms with Crippen LogP contribution in [-0.2, 0) is 13.0 Å². The number of methoxy groups -OCH3 is 1. The third-order valence-corrected chi connectivity index (χ3v) is 3.55. The molecule has 19 heavy (non-hydrogen) atoms. The molecule has 0 aliphatic carbocycles. The van der Waals surface area contributed by atoms with Gasteiger partial charge in [0.25, 0.3) is 0 Å². The van der Waals surface area contributed by atoms with Gasteiger partial charge in [0, 0.05) is 13.0 Å². The molecule has 5 nitrogen and oxygen atoms in total. The van der Waals surface area contributed by atoms with Gasteiger partial charge in [0.15, 0.2) is 0 Å². The number of hydrogen-bond donors (Lipinski definition) is 1. The van der Waals surface area contributed by atoms with Crippen molar-refractivity contribution in [1.29, 1.82) is 0 Å². The lowest BCUT2D eigenvalue weighted by atomic mass is 10.1. The highest BCUT2D eigenvalue weighted by atomic mass is 79.9. The van der Waals surface area contributed by atoms with Crippen molar-refractivity contribution in [3.63, 3.8) is 0 Å². The number of aromatic nitrogens is 3. The second-order valence-electron chi connectivity index (χ2n) is 4.11. The number of ether oxygens (including phenoxy) is 1. The van der Waals surface area contributed by atoms with E-state index < -0.39 is 6.10 Å². The lowest BCUT2D eigenvalue weighted by Crippen LogP contribution is -2.09. The van der Waals surface area contributed by atoms with Crippen LogP contribution in [0.2, 0.25) is 0 Å². The molecule has 0 aliphatic rings. The van der Waals surface area contributed by atoms with Crippen LogP contribution in [0.4, 0.5) is 0 Å². The minimum atomic E-state index is -0.614. The summed E-state index contributed by atoms with van der Waals surface area (Å²) in [5.41, 5.74) is 0.818. The molecule has 1 atom stereocenters. The van der Waals surface area contributed by atoms with Crippen LogP contribution >= 0.6 is 15.9 Å². The maximum atomic E-state index is 10.3. The molecule has 1 aromatic carbocycles. The van der Waals surface area contributed by atoms with Crippen molar-refractivity contribution in [3.8, 4) is 5.75 Å². The Kier molecular flexibility index (Phi) is 4.55. The van der Waals surface area contributed by atoms with E-state index in [4.69, 9.17) is 4.74 Å². The largest absolute Gasteiger partial charge is 0.496 e. The van der Waals surface area contributed by atoms with Gasteiger partial charge >= 0.3 is 0 Å². The Morgan fingerprint density at radius 1 is 1.47 bits per heavy atom. The van der Waals surface area contributed by atoms with Crippen LogP contribution in [0, 0.1) is 0 Å². The van der Waals surface area contributed by atoms with Gasteiger partial charge in [0.2, 0.25) is 0 Å². The van der Waals surface area contributed by atoms with Crippen LogP contribution in [-0.4, -0.2) is 27.0 Å². The Labute approximate surface area is 120 Å². The second kappa shape index (κ2) is 6.16. The molecule has 0 fully saturated rings. The van der Waals surface area contributed by atoms with E-state index in [2.05, 4.69) is 26.0 Å². The average molecular weight is 326 g/mol. The number of aliphatic hydroxyl groups excluding tert-OH is 1. The number of benzene rings is 1. The minimum absolute atomic E-state index is 0.437. The van der Waals surface area contributed by atoms with Gasteiger partial charge in [-0.15, -0.1) is 0 Å². The van der Waals surface area contributed by atoms with E-state index in [1.54, 1.807) is 11.8 Å². The first kappa shape index (κ1) is 14.0. The molecule has 102 valence electrons. The minimum Gasteiger partial charge on any atom is -0.496 e. The Morgan fingerprint density at radius 3 is 2.89 bits per heavy atom. The molecule has 2 rings (SSSR count). The summed E-state index contributed by atoms with van der Waals surface area (Å²) < 4.78 is 7.77. The van der Waals surface area contributed by atoms with Crippen LogP contribution in [0.25, 0.3) is 0 Å². The van der Waals surface area contributed by atoms with Gasteiger partial charge in [-0.1, -0.05) is 6.07 Å². The van der Waals surface area contributed by atoms with Crippen molar-refractivity contribution >= 4 is 15.9 Å². The maximum Gasteiger partial charge on any atom is 0.138 e. The van der Waals surface area contributed by atoms with Gasteiger partial charge in [-0.05, 0) is 40.5 Å². The van der Waals surface area contributed by atoms with Crippen molar-refractivity contribution in [2.75, 3.05) is 7.11 Å². The summed E-state index contributed by atoms with van der Waals surface area (Å²) in [7, 11) is 1.61. The molecule has 0 amide bonds. The predicted molar refractivity (Wildman–Crippen MR) is 75.1 cm³/mol. The topological polar surface area (TPSA) is 60.2 Å². The van der Waals surface area contributed by atoms with Gasteiger partial charge in [0.05, 0.1) is 17.7 Å². The molecular weight excluding hydrogens is 310 g/mol. The van der Waals surface area contributed by atoms with Gasteiger partial charge in [-0.2, -0.15) is 5.10 Å². The number of hydrogen-bond acceptors (Lipinski definition) is 4. The average Bonchev–Trinajstić information content (AvgIpc) is 2.85. The SMILES string of the molecule is CCn1ncnc1CC(O)c1ccc(OC)c(Br)c1. The zero-order valence-electron chi connectivity index (χ0n) is 10.9. The van der Waals surface area contributed by atoms with Crippen LogP contribution in [0.15, 0.2) is 29.0 Å². The molecule has 1 N–H and O–H groups in total. The summed E-state index contributed by atoms with van der Waals surface area (Å²) in [5, 5.41) is 14.3. The molecule has 1 aromatic heterocycles. The molecule has 0 saturated carbocycles. The molecular formula is C13H16BrN3O2. The molecule has 0 bridgehead atoms. The summed E-state index contributed by atoms with van der Waals surface area (Å²) in [5.74, 6) is 1.52. The fourth-order valence-corrected chi connectivity index (χ4v) is 2.45. The quantitative estimate of drug-likeness (QED) is 0.916. The first-order valence-corrected chi connectivity index (χ1v) is 6.83. The molecule has 2 aromatic rings. The molecule has 1 unspecified atom stereocenters. The molecule has 0 saturated heterocycles. The highest BCUT2D eigenvalue weighted by molar-refractivity contribution is 9.10. The molecule has 6 heteroatoms. The van der Waals surface area contributed by atoms with Crippen LogP contribution in [0.3, 0.4) is 0 Å². The highest BCUT2D eigenvalue weighted by Gasteiger charge is 2.14. The van der Waals surface area contributed by atoms with Gasteiger partial charge < -0.3 is 9.84 Å². The van der Waals surface area contributed by atoms with Crippen molar-refractivity contribution < 1.29 is 9.84 Å². The van der Waals surface area contributed by atoms with Crippen molar-refractivity contribution in [2.24, 2.45) is 0 Å². The fourth-order valence-electron chi connectivity index (χ4n) is 1.89. The summed E-state index contributed by atoms with van der Waals surface area (Å²) in [6.45, 7) is 2.74. The predicted octanol–water partition coefficient (Wildman–Crippen LogP) is 2.35. The van der Waals surface area contributed by atoms with E-state index in [0.29, 0.717) is 6.42 Å². The third kappa shape index (κ3) is 3.13. The van der Waals surface area contributed by atoms with Crippen molar-refractivity contribution in [1.82, 2.24) is 14.8 Å². The van der Waals surface area contributed by atoms with Crippen LogP contribution in [0.5, 0.6) is 5.75 Å². The normalized spacial score (nSPS) is 12.4. The first-order chi connectivity index (χ1) is 9.15. The number of nitrogens with zero attached hydrogens (tertiary/aromatic N) is 3. The Bertz CT molecular complexity index is 557. The Morgan fingerprint density at radius 2 is 2.26 bits per heavy atom. The zero-order valence-corrected chi connectivity index (χ0v) is 12.5. The molecule has 0 spiro atoms. The molecule has 1 heterocycles. The van der Waals surface area contributed by atoms with E-state index in [1.807, 2.05) is 25.1 Å². The third-order valence-electron chi connectivity index (χ3n) is 2.93. The van der Waals surface area contributed by atoms with E-state index in [1.165, 1.54) is 6.33 Å². The standard InChI is InChI=1S/C13H16BrN3O2/c1-3-17-13(15-8-16-17)7-11(18)9-4-5-12(19-2)10(14)6-9/h4-6,8,11,18H,3,7H2,1-2H3. The number of aryl methyl sites for hydroxylation is 1. The second-order valence-corrected chi connectivity index (χ2v) is 4.96. The maximum absolute atomic E-state index is 10.3. The van der Waals surface area contributed by atoms with Gasteiger partial charge in [0.1, 0.15) is 17.9 Å². The van der Waals surface area contributed by atoms with Gasteiger partial charge in [-0.25, -0.2) is 4.98 Å². The van der Waals surface area contributed by atoms with E-state index >= 15 is 0 Å². The summed E-state index contributed by atoms with van der Waals surface area (Å²) in [4.78, 5) is 4.16. The fraction of sp³-hybridized carbons (Fsp3) is 0.385. The van der Waals surface area contributed by atoms with Gasteiger partial charge in [-0.3, -0.25) is 4.68 Å². The monoisotopic (exact) mass is 325 g/mol. The summed E-state index contributed by atoms with van der Waals surface area (Å²) in [6, 6.07) is 5.53. The number of rotatable bonds is 5. The van der Waals surface area contributed by atoms with E-state index in [-0.39, 0.29) is 0 Å². The van der Waals surface area contributed by atoms with Crippen LogP contribution < -0.4 is 4.74 Å². The molecule has 0 aliphatic heterocycles. The highest BCUT2D eigenvalue weighted by Crippen LogP contribution is 2.28. The smallest absolute Gasteiger partial charge is 0.138 e. The number of halogens is 1. The lowest BCUT2D eigenvalue weighted by molar-refractivity contribution is 0.174.